The fourth-order valence-electron chi connectivity index (χ4n) is 1.77. The zero-order chi connectivity index (χ0) is 13.3. The molecule has 0 unspecified atom stereocenters. The van der Waals surface area contributed by atoms with Crippen LogP contribution in [0.1, 0.15) is 18.4 Å². The third-order valence-electron chi connectivity index (χ3n) is 2.82. The average molecular weight is 332 g/mol. The minimum Gasteiger partial charge on any atom is -0.344 e. The number of rotatable bonds is 2. The highest BCUT2D eigenvalue weighted by Crippen LogP contribution is 2.29. The minimum atomic E-state index is -0.454. The smallest absolute Gasteiger partial charge is 0.246 e. The molecule has 2 rings (SSSR count). The highest BCUT2D eigenvalue weighted by Gasteiger charge is 2.27. The Hall–Kier alpha value is -1.07. The number of hydrogen-bond donors (Lipinski definition) is 2. The second-order valence-electron chi connectivity index (χ2n) is 4.23. The van der Waals surface area contributed by atoms with Crippen molar-refractivity contribution in [3.05, 3.63) is 27.2 Å². The average Bonchev–Trinajstić information content (AvgIpc) is 2.73. The molecule has 1 aromatic rings. The molecule has 1 saturated heterocycles. The Bertz CT molecular complexity index is 519. The van der Waals surface area contributed by atoms with Gasteiger partial charge < -0.3 is 10.6 Å². The van der Waals surface area contributed by atoms with E-state index in [1.807, 2.05) is 13.0 Å². The summed E-state index contributed by atoms with van der Waals surface area (Å²) in [6.45, 7) is 1.88. The zero-order valence-electron chi connectivity index (χ0n) is 9.72. The van der Waals surface area contributed by atoms with Gasteiger partial charge in [0, 0.05) is 15.9 Å². The summed E-state index contributed by atoms with van der Waals surface area (Å²) in [4.78, 5) is 23.0. The van der Waals surface area contributed by atoms with Gasteiger partial charge in [0.1, 0.15) is 6.04 Å². The first-order valence-corrected chi connectivity index (χ1v) is 6.70. The van der Waals surface area contributed by atoms with E-state index >= 15 is 0 Å². The van der Waals surface area contributed by atoms with Crippen molar-refractivity contribution >= 4 is 45.0 Å². The predicted molar refractivity (Wildman–Crippen MR) is 73.7 cm³/mol. The number of anilines is 1. The van der Waals surface area contributed by atoms with E-state index in [0.29, 0.717) is 23.6 Å². The van der Waals surface area contributed by atoms with Gasteiger partial charge in [0.15, 0.2) is 0 Å². The third-order valence-corrected chi connectivity index (χ3v) is 3.88. The Kier molecular flexibility index (Phi) is 3.92. The van der Waals surface area contributed by atoms with E-state index in [0.717, 1.165) is 10.0 Å². The van der Waals surface area contributed by atoms with Crippen LogP contribution in [-0.2, 0) is 9.59 Å². The van der Waals surface area contributed by atoms with Crippen LogP contribution in [0.25, 0.3) is 0 Å². The van der Waals surface area contributed by atoms with Crippen LogP contribution >= 0.6 is 27.5 Å². The maximum absolute atomic E-state index is 11.9. The molecule has 96 valence electrons. The SMILES string of the molecule is Cc1cc(Br)c(NC(=O)[C@H]2CCC(=O)N2)cc1Cl. The Morgan fingerprint density at radius 1 is 1.56 bits per heavy atom. The molecule has 0 saturated carbocycles. The summed E-state index contributed by atoms with van der Waals surface area (Å²) in [5.74, 6) is -0.308. The van der Waals surface area contributed by atoms with Gasteiger partial charge in [0.25, 0.3) is 0 Å². The lowest BCUT2D eigenvalue weighted by Crippen LogP contribution is -2.37. The monoisotopic (exact) mass is 330 g/mol. The van der Waals surface area contributed by atoms with Gasteiger partial charge >= 0.3 is 0 Å². The van der Waals surface area contributed by atoms with Crippen molar-refractivity contribution in [2.45, 2.75) is 25.8 Å². The maximum Gasteiger partial charge on any atom is 0.246 e. The third kappa shape index (κ3) is 2.84. The van der Waals surface area contributed by atoms with Crippen LogP contribution in [0, 0.1) is 6.92 Å². The van der Waals surface area contributed by atoms with Gasteiger partial charge in [0.05, 0.1) is 5.69 Å². The number of benzene rings is 1. The molecule has 2 amide bonds. The van der Waals surface area contributed by atoms with Crippen molar-refractivity contribution in [3.8, 4) is 0 Å². The van der Waals surface area contributed by atoms with E-state index in [-0.39, 0.29) is 11.8 Å². The largest absolute Gasteiger partial charge is 0.344 e. The highest BCUT2D eigenvalue weighted by molar-refractivity contribution is 9.10. The quantitative estimate of drug-likeness (QED) is 0.875. The molecule has 0 aliphatic carbocycles. The summed E-state index contributed by atoms with van der Waals surface area (Å²) in [7, 11) is 0. The molecule has 1 aliphatic rings. The lowest BCUT2D eigenvalue weighted by atomic mass is 10.2. The number of carbonyl (C=O) groups excluding carboxylic acids is 2. The zero-order valence-corrected chi connectivity index (χ0v) is 12.1. The summed E-state index contributed by atoms with van der Waals surface area (Å²) in [5, 5.41) is 5.96. The number of hydrogen-bond acceptors (Lipinski definition) is 2. The molecule has 1 aromatic carbocycles. The topological polar surface area (TPSA) is 58.2 Å². The molecule has 6 heteroatoms. The van der Waals surface area contributed by atoms with Gasteiger partial charge in [0.2, 0.25) is 11.8 Å². The van der Waals surface area contributed by atoms with Gasteiger partial charge in [-0.05, 0) is 47.0 Å². The van der Waals surface area contributed by atoms with E-state index in [2.05, 4.69) is 26.6 Å². The van der Waals surface area contributed by atoms with Crippen molar-refractivity contribution in [2.75, 3.05) is 5.32 Å². The standard InChI is InChI=1S/C12H12BrClN2O2/c1-6-4-7(13)10(5-8(6)14)16-12(18)9-2-3-11(17)15-9/h4-5,9H,2-3H2,1H3,(H,15,17)(H,16,18)/t9-/m1/s1. The van der Waals surface area contributed by atoms with E-state index < -0.39 is 6.04 Å². The predicted octanol–water partition coefficient (Wildman–Crippen LogP) is 2.63. The fraction of sp³-hybridized carbons (Fsp3) is 0.333. The summed E-state index contributed by atoms with van der Waals surface area (Å²) in [6, 6.07) is 3.07. The van der Waals surface area contributed by atoms with Gasteiger partial charge in [-0.25, -0.2) is 0 Å². The van der Waals surface area contributed by atoms with Crippen molar-refractivity contribution in [3.63, 3.8) is 0 Å². The molecule has 1 aliphatic heterocycles. The van der Waals surface area contributed by atoms with E-state index in [1.165, 1.54) is 0 Å². The Morgan fingerprint density at radius 3 is 2.89 bits per heavy atom. The van der Waals surface area contributed by atoms with Gasteiger partial charge in [-0.15, -0.1) is 0 Å². The van der Waals surface area contributed by atoms with Gasteiger partial charge in [-0.3, -0.25) is 9.59 Å². The summed E-state index contributed by atoms with van der Waals surface area (Å²) >= 11 is 9.38. The van der Waals surface area contributed by atoms with Crippen LogP contribution < -0.4 is 10.6 Å². The maximum atomic E-state index is 11.9. The van der Waals surface area contributed by atoms with E-state index in [4.69, 9.17) is 11.6 Å². The number of amides is 2. The second-order valence-corrected chi connectivity index (χ2v) is 5.49. The van der Waals surface area contributed by atoms with Crippen molar-refractivity contribution in [2.24, 2.45) is 0 Å². The second kappa shape index (κ2) is 5.28. The first-order valence-electron chi connectivity index (χ1n) is 5.53. The molecule has 18 heavy (non-hydrogen) atoms. The number of halogens is 2. The number of carbonyl (C=O) groups is 2. The molecular weight excluding hydrogens is 320 g/mol. The summed E-state index contributed by atoms with van der Waals surface area (Å²) in [6.07, 6.45) is 0.926. The molecule has 4 nitrogen and oxygen atoms in total. The summed E-state index contributed by atoms with van der Waals surface area (Å²) in [5.41, 5.74) is 1.53. The number of aryl methyl sites for hydroxylation is 1. The van der Waals surface area contributed by atoms with Gasteiger partial charge in [-0.1, -0.05) is 11.6 Å². The van der Waals surface area contributed by atoms with Crippen molar-refractivity contribution in [1.29, 1.82) is 0 Å². The van der Waals surface area contributed by atoms with Crippen LogP contribution in [0.5, 0.6) is 0 Å². The van der Waals surface area contributed by atoms with Crippen molar-refractivity contribution in [1.82, 2.24) is 5.32 Å². The minimum absolute atomic E-state index is 0.0869. The number of nitrogens with one attached hydrogen (secondary N) is 2. The molecule has 0 spiro atoms. The molecule has 0 bridgehead atoms. The highest BCUT2D eigenvalue weighted by atomic mass is 79.9. The van der Waals surface area contributed by atoms with Crippen LogP contribution in [0.3, 0.4) is 0 Å². The molecular formula is C12H12BrClN2O2. The molecule has 1 heterocycles. The van der Waals surface area contributed by atoms with Crippen LogP contribution in [0.2, 0.25) is 5.02 Å². The molecule has 1 fully saturated rings. The molecule has 0 aromatic heterocycles. The van der Waals surface area contributed by atoms with Gasteiger partial charge in [-0.2, -0.15) is 0 Å². The molecule has 1 atom stereocenters. The first-order chi connectivity index (χ1) is 8.47. The lowest BCUT2D eigenvalue weighted by Gasteiger charge is -2.13. The first kappa shape index (κ1) is 13.4. The molecule has 2 N–H and O–H groups in total. The molecule has 0 radical (unpaired) electrons. The normalized spacial score (nSPS) is 18.6. The Balaban J connectivity index is 2.12. The Morgan fingerprint density at radius 2 is 2.28 bits per heavy atom. The van der Waals surface area contributed by atoms with Crippen LogP contribution in [-0.4, -0.2) is 17.9 Å². The van der Waals surface area contributed by atoms with Crippen molar-refractivity contribution < 1.29 is 9.59 Å². The Labute approximate surface area is 118 Å². The summed E-state index contributed by atoms with van der Waals surface area (Å²) < 4.78 is 0.766. The van der Waals surface area contributed by atoms with E-state index in [9.17, 15) is 9.59 Å². The van der Waals surface area contributed by atoms with Crippen LogP contribution in [0.4, 0.5) is 5.69 Å². The fourth-order valence-corrected chi connectivity index (χ4v) is 2.49. The van der Waals surface area contributed by atoms with Crippen LogP contribution in [0.15, 0.2) is 16.6 Å². The lowest BCUT2D eigenvalue weighted by molar-refractivity contribution is -0.122. The van der Waals surface area contributed by atoms with E-state index in [1.54, 1.807) is 6.07 Å².